The van der Waals surface area contributed by atoms with E-state index in [1.165, 1.54) is 22.9 Å². The smallest absolute Gasteiger partial charge is 0.191 e. The lowest BCUT2D eigenvalue weighted by Crippen LogP contribution is -2.08. The Morgan fingerprint density at radius 2 is 1.78 bits per heavy atom. The molecule has 0 saturated heterocycles. The maximum Gasteiger partial charge on any atom is 0.191 e. The lowest BCUT2D eigenvalue weighted by Gasteiger charge is -2.09. The van der Waals surface area contributed by atoms with Gasteiger partial charge < -0.3 is 4.57 Å². The van der Waals surface area contributed by atoms with Crippen LogP contribution in [0.1, 0.15) is 46.7 Å². The van der Waals surface area contributed by atoms with Crippen molar-refractivity contribution in [3.63, 3.8) is 0 Å². The van der Waals surface area contributed by atoms with Gasteiger partial charge in [-0.2, -0.15) is 0 Å². The molecule has 0 fully saturated rings. The third-order valence-corrected chi connectivity index (χ3v) is 5.75. The second kappa shape index (κ2) is 9.00. The Hall–Kier alpha value is -2.40. The topological polar surface area (TPSA) is 47.8 Å². The van der Waals surface area contributed by atoms with Crippen molar-refractivity contribution in [1.29, 1.82) is 0 Å². The van der Waals surface area contributed by atoms with Crippen LogP contribution in [0.15, 0.2) is 53.7 Å². The van der Waals surface area contributed by atoms with E-state index in [2.05, 4.69) is 48.3 Å². The van der Waals surface area contributed by atoms with E-state index in [9.17, 15) is 4.79 Å². The molecule has 27 heavy (non-hydrogen) atoms. The summed E-state index contributed by atoms with van der Waals surface area (Å²) >= 11 is 1.45. The summed E-state index contributed by atoms with van der Waals surface area (Å²) in [4.78, 5) is 12.8. The second-order valence-electron chi connectivity index (χ2n) is 6.53. The zero-order valence-electron chi connectivity index (χ0n) is 16.1. The molecule has 5 heteroatoms. The van der Waals surface area contributed by atoms with E-state index in [1.54, 1.807) is 0 Å². The van der Waals surface area contributed by atoms with Crippen LogP contribution in [-0.4, -0.2) is 26.3 Å². The number of Topliss-reactive ketones (excluding diaryl/α,β-unsaturated/α-hetero) is 1. The number of hydrogen-bond acceptors (Lipinski definition) is 4. The Bertz CT molecular complexity index is 919. The minimum atomic E-state index is 0.153. The summed E-state index contributed by atoms with van der Waals surface area (Å²) in [5.41, 5.74) is 4.35. The van der Waals surface area contributed by atoms with Crippen molar-refractivity contribution in [2.24, 2.45) is 7.05 Å². The molecule has 0 aliphatic rings. The van der Waals surface area contributed by atoms with Gasteiger partial charge >= 0.3 is 0 Å². The highest BCUT2D eigenvalue weighted by atomic mass is 32.2. The molecule has 0 N–H and O–H groups in total. The minimum absolute atomic E-state index is 0.153. The van der Waals surface area contributed by atoms with Gasteiger partial charge in [0.05, 0.1) is 5.75 Å². The van der Waals surface area contributed by atoms with Gasteiger partial charge in [0.15, 0.2) is 10.9 Å². The summed E-state index contributed by atoms with van der Waals surface area (Å²) in [5.74, 6) is 1.43. The third-order valence-electron chi connectivity index (χ3n) is 4.73. The molecular formula is C22H25N3OS. The molecule has 0 bridgehead atoms. The summed E-state index contributed by atoms with van der Waals surface area (Å²) in [6, 6.07) is 16.4. The molecule has 0 unspecified atom stereocenters. The molecule has 3 aromatic rings. The number of benzene rings is 2. The van der Waals surface area contributed by atoms with Gasteiger partial charge in [-0.15, -0.1) is 10.2 Å². The zero-order chi connectivity index (χ0) is 19.2. The SMILES string of the molecule is CCc1ccc(CC)c(C(=O)CSc2nnc(Cc3ccccc3)n2C)c1. The molecule has 0 saturated carbocycles. The first-order valence-electron chi connectivity index (χ1n) is 9.32. The zero-order valence-corrected chi connectivity index (χ0v) is 16.9. The fourth-order valence-electron chi connectivity index (χ4n) is 3.02. The lowest BCUT2D eigenvalue weighted by molar-refractivity contribution is 0.102. The van der Waals surface area contributed by atoms with Crippen molar-refractivity contribution >= 4 is 17.5 Å². The van der Waals surface area contributed by atoms with Gasteiger partial charge in [0, 0.05) is 19.0 Å². The molecule has 3 rings (SSSR count). The highest BCUT2D eigenvalue weighted by Gasteiger charge is 2.15. The Labute approximate surface area is 165 Å². The molecule has 140 valence electrons. The van der Waals surface area contributed by atoms with Crippen LogP contribution in [0.25, 0.3) is 0 Å². The van der Waals surface area contributed by atoms with E-state index < -0.39 is 0 Å². The number of thioether (sulfide) groups is 1. The fourth-order valence-corrected chi connectivity index (χ4v) is 3.84. The summed E-state index contributed by atoms with van der Waals surface area (Å²) in [6.45, 7) is 4.20. The van der Waals surface area contributed by atoms with Crippen LogP contribution in [0.2, 0.25) is 0 Å². The normalized spacial score (nSPS) is 10.9. The van der Waals surface area contributed by atoms with Crippen molar-refractivity contribution in [3.05, 3.63) is 76.6 Å². The van der Waals surface area contributed by atoms with E-state index in [-0.39, 0.29) is 5.78 Å². The Balaban J connectivity index is 1.69. The molecule has 4 nitrogen and oxygen atoms in total. The molecule has 0 atom stereocenters. The fraction of sp³-hybridized carbons (Fsp3) is 0.318. The first-order valence-corrected chi connectivity index (χ1v) is 10.3. The molecule has 0 amide bonds. The molecule has 1 heterocycles. The number of carbonyl (C=O) groups is 1. The molecular weight excluding hydrogens is 354 g/mol. The molecule has 0 spiro atoms. The minimum Gasteiger partial charge on any atom is -0.309 e. The van der Waals surface area contributed by atoms with Crippen molar-refractivity contribution in [1.82, 2.24) is 14.8 Å². The Morgan fingerprint density at radius 3 is 2.48 bits per heavy atom. The number of aryl methyl sites for hydroxylation is 2. The molecule has 1 aromatic heterocycles. The maximum atomic E-state index is 12.8. The number of carbonyl (C=O) groups excluding carboxylic acids is 1. The second-order valence-corrected chi connectivity index (χ2v) is 7.47. The van der Waals surface area contributed by atoms with Crippen molar-refractivity contribution < 1.29 is 4.79 Å². The predicted octanol–water partition coefficient (Wildman–Crippen LogP) is 4.51. The van der Waals surface area contributed by atoms with Gasteiger partial charge in [0.1, 0.15) is 5.82 Å². The van der Waals surface area contributed by atoms with Crippen molar-refractivity contribution in [3.8, 4) is 0 Å². The van der Waals surface area contributed by atoms with E-state index in [0.29, 0.717) is 5.75 Å². The first kappa shape index (κ1) is 19.4. The third kappa shape index (κ3) is 4.66. The van der Waals surface area contributed by atoms with Crippen molar-refractivity contribution in [2.75, 3.05) is 5.75 Å². The number of nitrogens with zero attached hydrogens (tertiary/aromatic N) is 3. The van der Waals surface area contributed by atoms with Gasteiger partial charge in [0.2, 0.25) is 0 Å². The van der Waals surface area contributed by atoms with Crippen LogP contribution >= 0.6 is 11.8 Å². The molecule has 0 radical (unpaired) electrons. The monoisotopic (exact) mass is 379 g/mol. The van der Waals surface area contributed by atoms with Gasteiger partial charge in [-0.05, 0) is 35.6 Å². The van der Waals surface area contributed by atoms with Crippen LogP contribution in [-0.2, 0) is 26.3 Å². The van der Waals surface area contributed by atoms with Crippen LogP contribution in [0.5, 0.6) is 0 Å². The quantitative estimate of drug-likeness (QED) is 0.427. The van der Waals surface area contributed by atoms with Crippen LogP contribution < -0.4 is 0 Å². The Kier molecular flexibility index (Phi) is 6.45. The number of rotatable bonds is 8. The van der Waals surface area contributed by atoms with Crippen LogP contribution in [0.4, 0.5) is 0 Å². The first-order chi connectivity index (χ1) is 13.1. The number of ketones is 1. The number of aromatic nitrogens is 3. The molecule has 2 aromatic carbocycles. The van der Waals surface area contributed by atoms with Gasteiger partial charge in [-0.3, -0.25) is 4.79 Å². The van der Waals surface area contributed by atoms with Gasteiger partial charge in [-0.1, -0.05) is 68.1 Å². The van der Waals surface area contributed by atoms with Crippen LogP contribution in [0, 0.1) is 0 Å². The molecule has 0 aliphatic carbocycles. The number of hydrogen-bond donors (Lipinski definition) is 0. The Morgan fingerprint density at radius 1 is 1.00 bits per heavy atom. The maximum absolute atomic E-state index is 12.8. The average molecular weight is 380 g/mol. The average Bonchev–Trinajstić information content (AvgIpc) is 3.05. The van der Waals surface area contributed by atoms with E-state index in [0.717, 1.165) is 41.4 Å². The highest BCUT2D eigenvalue weighted by Crippen LogP contribution is 2.21. The highest BCUT2D eigenvalue weighted by molar-refractivity contribution is 7.99. The standard InChI is InChI=1S/C22H25N3OS/c1-4-16-11-12-18(5-2)19(13-16)20(26)15-27-22-24-23-21(25(22)3)14-17-9-7-6-8-10-17/h6-13H,4-5,14-15H2,1-3H3. The van der Waals surface area contributed by atoms with E-state index >= 15 is 0 Å². The predicted molar refractivity (Wildman–Crippen MR) is 111 cm³/mol. The summed E-state index contributed by atoms with van der Waals surface area (Å²) in [5, 5.41) is 9.36. The van der Waals surface area contributed by atoms with E-state index in [1.807, 2.05) is 35.9 Å². The molecule has 0 aliphatic heterocycles. The van der Waals surface area contributed by atoms with Gasteiger partial charge in [0.25, 0.3) is 0 Å². The largest absolute Gasteiger partial charge is 0.309 e. The summed E-state index contributed by atoms with van der Waals surface area (Å²) < 4.78 is 1.98. The van der Waals surface area contributed by atoms with E-state index in [4.69, 9.17) is 0 Å². The summed E-state index contributed by atoms with van der Waals surface area (Å²) in [7, 11) is 1.96. The van der Waals surface area contributed by atoms with Gasteiger partial charge in [-0.25, -0.2) is 0 Å². The van der Waals surface area contributed by atoms with Crippen LogP contribution in [0.3, 0.4) is 0 Å². The van der Waals surface area contributed by atoms with Crippen molar-refractivity contribution in [2.45, 2.75) is 38.3 Å². The lowest BCUT2D eigenvalue weighted by atomic mass is 9.98. The summed E-state index contributed by atoms with van der Waals surface area (Å²) in [6.07, 6.45) is 2.53.